The summed E-state index contributed by atoms with van der Waals surface area (Å²) in [5.41, 5.74) is 1.67. The Morgan fingerprint density at radius 1 is 1.12 bits per heavy atom. The Kier molecular flexibility index (Phi) is 5.41. The summed E-state index contributed by atoms with van der Waals surface area (Å²) in [5.74, 6) is -1.17. The van der Waals surface area contributed by atoms with Crippen molar-refractivity contribution in [3.05, 3.63) is 47.8 Å². The van der Waals surface area contributed by atoms with Gasteiger partial charge < -0.3 is 5.32 Å². The number of hydrogen-bond acceptors (Lipinski definition) is 3. The van der Waals surface area contributed by atoms with Gasteiger partial charge in [0.15, 0.2) is 5.82 Å². The van der Waals surface area contributed by atoms with Crippen LogP contribution >= 0.6 is 12.4 Å². The van der Waals surface area contributed by atoms with Gasteiger partial charge in [-0.15, -0.1) is 12.4 Å². The molecule has 3 heterocycles. The summed E-state index contributed by atoms with van der Waals surface area (Å²) in [6.45, 7) is 5.23. The average molecular weight is 369 g/mol. The molecule has 1 N–H and O–H groups in total. The maximum absolute atomic E-state index is 13.9. The molecular formula is C18H23ClF2N4. The molecule has 2 saturated heterocycles. The predicted molar refractivity (Wildman–Crippen MR) is 95.2 cm³/mol. The van der Waals surface area contributed by atoms with Crippen LogP contribution in [-0.4, -0.2) is 40.9 Å². The lowest BCUT2D eigenvalue weighted by Crippen LogP contribution is -2.38. The highest BCUT2D eigenvalue weighted by atomic mass is 35.5. The number of piperidine rings is 1. The van der Waals surface area contributed by atoms with Crippen LogP contribution in [0.1, 0.15) is 25.0 Å². The van der Waals surface area contributed by atoms with Crippen LogP contribution in [0.2, 0.25) is 0 Å². The molecule has 0 bridgehead atoms. The minimum Gasteiger partial charge on any atom is -0.317 e. The van der Waals surface area contributed by atoms with E-state index in [9.17, 15) is 8.78 Å². The van der Waals surface area contributed by atoms with E-state index in [0.717, 1.165) is 44.5 Å². The van der Waals surface area contributed by atoms with Gasteiger partial charge in [-0.3, -0.25) is 4.90 Å². The van der Waals surface area contributed by atoms with Gasteiger partial charge in [0.1, 0.15) is 11.5 Å². The number of hydrogen-bond donors (Lipinski definition) is 1. The molecule has 0 radical (unpaired) electrons. The fourth-order valence-electron chi connectivity index (χ4n) is 4.00. The first-order chi connectivity index (χ1) is 11.6. The first-order valence-electron chi connectivity index (χ1n) is 8.57. The number of nitrogens with one attached hydrogen (secondary N) is 1. The molecular weight excluding hydrogens is 346 g/mol. The normalized spacial score (nSPS) is 19.9. The van der Waals surface area contributed by atoms with Crippen molar-refractivity contribution in [2.24, 2.45) is 5.41 Å². The average Bonchev–Trinajstić information content (AvgIpc) is 3.16. The first kappa shape index (κ1) is 18.3. The molecule has 0 unspecified atom stereocenters. The number of rotatable bonds is 3. The zero-order valence-corrected chi connectivity index (χ0v) is 14.9. The third kappa shape index (κ3) is 3.86. The van der Waals surface area contributed by atoms with E-state index in [1.165, 1.54) is 36.1 Å². The highest BCUT2D eigenvalue weighted by Crippen LogP contribution is 2.38. The van der Waals surface area contributed by atoms with Crippen LogP contribution in [0.25, 0.3) is 5.69 Å². The highest BCUT2D eigenvalue weighted by Gasteiger charge is 2.38. The van der Waals surface area contributed by atoms with Crippen LogP contribution in [-0.2, 0) is 6.54 Å². The topological polar surface area (TPSA) is 33.1 Å². The summed E-state index contributed by atoms with van der Waals surface area (Å²) >= 11 is 0. The quantitative estimate of drug-likeness (QED) is 0.903. The lowest BCUT2D eigenvalue weighted by Gasteiger charge is -2.33. The van der Waals surface area contributed by atoms with E-state index in [2.05, 4.69) is 15.3 Å². The number of benzene rings is 1. The van der Waals surface area contributed by atoms with Gasteiger partial charge in [0, 0.05) is 25.4 Å². The second kappa shape index (κ2) is 7.40. The zero-order chi connectivity index (χ0) is 16.6. The summed E-state index contributed by atoms with van der Waals surface area (Å²) in [4.78, 5) is 2.44. The Hall–Kier alpha value is -1.50. The highest BCUT2D eigenvalue weighted by molar-refractivity contribution is 5.85. The van der Waals surface area contributed by atoms with E-state index in [0.29, 0.717) is 5.41 Å². The van der Waals surface area contributed by atoms with E-state index < -0.39 is 11.6 Å². The lowest BCUT2D eigenvalue weighted by molar-refractivity contribution is 0.193. The van der Waals surface area contributed by atoms with Crippen LogP contribution in [0.4, 0.5) is 8.78 Å². The van der Waals surface area contributed by atoms with Crippen LogP contribution in [0.5, 0.6) is 0 Å². The molecule has 25 heavy (non-hydrogen) atoms. The molecule has 136 valence electrons. The molecule has 4 nitrogen and oxygen atoms in total. The molecule has 0 amide bonds. The van der Waals surface area contributed by atoms with Crippen molar-refractivity contribution in [1.82, 2.24) is 20.0 Å². The molecule has 2 aliphatic rings. The molecule has 0 saturated carbocycles. The van der Waals surface area contributed by atoms with Gasteiger partial charge in [-0.05, 0) is 62.5 Å². The Morgan fingerprint density at radius 2 is 1.92 bits per heavy atom. The van der Waals surface area contributed by atoms with E-state index in [4.69, 9.17) is 0 Å². The second-order valence-corrected chi connectivity index (χ2v) is 7.06. The minimum absolute atomic E-state index is 0. The van der Waals surface area contributed by atoms with Gasteiger partial charge in [-0.2, -0.15) is 5.10 Å². The molecule has 4 rings (SSSR count). The van der Waals surface area contributed by atoms with Crippen molar-refractivity contribution in [3.8, 4) is 5.69 Å². The number of nitrogens with zero attached hydrogens (tertiary/aromatic N) is 3. The standard InChI is InChI=1S/C18H22F2N4.ClH/c19-14-1-2-17(16(20)11-14)24-9-3-15(22-24)12-23-10-6-18(13-23)4-7-21-8-5-18;/h1-3,9,11,21H,4-8,10,12-13H2;1H. The molecule has 1 aromatic heterocycles. The van der Waals surface area contributed by atoms with E-state index in [-0.39, 0.29) is 18.1 Å². The number of likely N-dealkylation sites (tertiary alicyclic amines) is 1. The third-order valence-corrected chi connectivity index (χ3v) is 5.37. The molecule has 0 aliphatic carbocycles. The van der Waals surface area contributed by atoms with Crippen LogP contribution < -0.4 is 5.32 Å². The molecule has 1 spiro atoms. The SMILES string of the molecule is Cl.Fc1ccc(-n2ccc(CN3CCC4(CCNCC4)C3)n2)c(F)c1. The van der Waals surface area contributed by atoms with Crippen LogP contribution in [0, 0.1) is 17.0 Å². The molecule has 7 heteroatoms. The van der Waals surface area contributed by atoms with Crippen LogP contribution in [0.3, 0.4) is 0 Å². The van der Waals surface area contributed by atoms with Crippen molar-refractivity contribution < 1.29 is 8.78 Å². The molecule has 0 atom stereocenters. The van der Waals surface area contributed by atoms with E-state index >= 15 is 0 Å². The predicted octanol–water partition coefficient (Wildman–Crippen LogP) is 3.15. The van der Waals surface area contributed by atoms with Crippen LogP contribution in [0.15, 0.2) is 30.5 Å². The van der Waals surface area contributed by atoms with E-state index in [1.807, 2.05) is 6.07 Å². The van der Waals surface area contributed by atoms with E-state index in [1.54, 1.807) is 6.20 Å². The maximum atomic E-state index is 13.9. The Bertz CT molecular complexity index is 728. The summed E-state index contributed by atoms with van der Waals surface area (Å²) in [5, 5.41) is 7.90. The smallest absolute Gasteiger partial charge is 0.151 e. The Morgan fingerprint density at radius 3 is 2.68 bits per heavy atom. The minimum atomic E-state index is -0.598. The fourth-order valence-corrected chi connectivity index (χ4v) is 4.00. The molecule has 1 aromatic carbocycles. The summed E-state index contributed by atoms with van der Waals surface area (Å²) in [6, 6.07) is 5.47. The maximum Gasteiger partial charge on any atom is 0.151 e. The van der Waals surface area contributed by atoms with Gasteiger partial charge in [-0.1, -0.05) is 0 Å². The lowest BCUT2D eigenvalue weighted by atomic mass is 9.78. The molecule has 2 aliphatic heterocycles. The van der Waals surface area contributed by atoms with Crippen molar-refractivity contribution in [2.75, 3.05) is 26.2 Å². The van der Waals surface area contributed by atoms with Gasteiger partial charge in [-0.25, -0.2) is 13.5 Å². The summed E-state index contributed by atoms with van der Waals surface area (Å²) < 4.78 is 28.4. The van der Waals surface area contributed by atoms with Gasteiger partial charge in [0.25, 0.3) is 0 Å². The van der Waals surface area contributed by atoms with Gasteiger partial charge >= 0.3 is 0 Å². The number of halogens is 3. The fraction of sp³-hybridized carbons (Fsp3) is 0.500. The van der Waals surface area contributed by atoms with Crippen molar-refractivity contribution in [3.63, 3.8) is 0 Å². The van der Waals surface area contributed by atoms with Crippen molar-refractivity contribution in [2.45, 2.75) is 25.8 Å². The zero-order valence-electron chi connectivity index (χ0n) is 14.0. The van der Waals surface area contributed by atoms with Crippen molar-refractivity contribution >= 4 is 12.4 Å². The Balaban J connectivity index is 0.00000182. The number of aromatic nitrogens is 2. The summed E-state index contributed by atoms with van der Waals surface area (Å²) in [7, 11) is 0. The molecule has 2 aromatic rings. The summed E-state index contributed by atoms with van der Waals surface area (Å²) in [6.07, 6.45) is 5.49. The molecule has 2 fully saturated rings. The monoisotopic (exact) mass is 368 g/mol. The first-order valence-corrected chi connectivity index (χ1v) is 8.57. The van der Waals surface area contributed by atoms with Gasteiger partial charge in [0.2, 0.25) is 0 Å². The second-order valence-electron chi connectivity index (χ2n) is 7.06. The third-order valence-electron chi connectivity index (χ3n) is 5.37. The van der Waals surface area contributed by atoms with Gasteiger partial charge in [0.05, 0.1) is 5.69 Å². The largest absolute Gasteiger partial charge is 0.317 e. The Labute approximate surface area is 152 Å². The van der Waals surface area contributed by atoms with Crippen molar-refractivity contribution in [1.29, 1.82) is 0 Å².